The number of nitrogens with two attached hydrogens (primary N) is 1. The zero-order chi connectivity index (χ0) is 13.2. The van der Waals surface area contributed by atoms with E-state index in [9.17, 15) is 5.11 Å². The number of hydrogen-bond donors (Lipinski definition) is 4. The maximum absolute atomic E-state index is 9.79. The highest BCUT2D eigenvalue weighted by molar-refractivity contribution is 5.66. The van der Waals surface area contributed by atoms with E-state index in [1.807, 2.05) is 6.07 Å². The SMILES string of the molecule is Nc1nc2c(c(Nc3ccccc3O)n1)CNCC2. The summed E-state index contributed by atoms with van der Waals surface area (Å²) in [5, 5.41) is 16.2. The molecular formula is C13H15N5O. The van der Waals surface area contributed by atoms with Crippen molar-refractivity contribution in [3.8, 4) is 5.75 Å². The molecule has 0 bridgehead atoms. The van der Waals surface area contributed by atoms with Crippen LogP contribution in [0.5, 0.6) is 5.75 Å². The lowest BCUT2D eigenvalue weighted by molar-refractivity contribution is 0.477. The summed E-state index contributed by atoms with van der Waals surface area (Å²) in [7, 11) is 0. The van der Waals surface area contributed by atoms with Gasteiger partial charge in [0.15, 0.2) is 0 Å². The second-order valence-corrected chi connectivity index (χ2v) is 4.42. The Morgan fingerprint density at radius 2 is 2.11 bits per heavy atom. The number of fused-ring (bicyclic) bond motifs is 1. The van der Waals surface area contributed by atoms with Gasteiger partial charge < -0.3 is 21.5 Å². The van der Waals surface area contributed by atoms with E-state index in [-0.39, 0.29) is 11.7 Å². The third-order valence-corrected chi connectivity index (χ3v) is 3.11. The van der Waals surface area contributed by atoms with E-state index in [4.69, 9.17) is 5.73 Å². The van der Waals surface area contributed by atoms with Crippen molar-refractivity contribution in [1.29, 1.82) is 0 Å². The molecule has 0 atom stereocenters. The predicted molar refractivity (Wildman–Crippen MR) is 73.2 cm³/mol. The van der Waals surface area contributed by atoms with Crippen LogP contribution >= 0.6 is 0 Å². The first-order chi connectivity index (χ1) is 9.24. The van der Waals surface area contributed by atoms with Crippen molar-refractivity contribution in [3.63, 3.8) is 0 Å². The lowest BCUT2D eigenvalue weighted by Crippen LogP contribution is -2.26. The number of rotatable bonds is 2. The van der Waals surface area contributed by atoms with Crippen LogP contribution in [0.2, 0.25) is 0 Å². The smallest absolute Gasteiger partial charge is 0.222 e. The summed E-state index contributed by atoms with van der Waals surface area (Å²) in [5.41, 5.74) is 8.30. The summed E-state index contributed by atoms with van der Waals surface area (Å²) in [6.45, 7) is 1.59. The van der Waals surface area contributed by atoms with Gasteiger partial charge in [0.25, 0.3) is 0 Å². The Bertz CT molecular complexity index is 614. The average molecular weight is 257 g/mol. The lowest BCUT2D eigenvalue weighted by atomic mass is 10.1. The summed E-state index contributed by atoms with van der Waals surface area (Å²) in [6.07, 6.45) is 0.831. The van der Waals surface area contributed by atoms with Gasteiger partial charge in [-0.25, -0.2) is 4.98 Å². The Morgan fingerprint density at radius 3 is 2.95 bits per heavy atom. The maximum Gasteiger partial charge on any atom is 0.222 e. The molecule has 0 fully saturated rings. The normalized spacial score (nSPS) is 13.9. The van der Waals surface area contributed by atoms with Gasteiger partial charge in [-0.15, -0.1) is 0 Å². The third-order valence-electron chi connectivity index (χ3n) is 3.11. The molecule has 1 aromatic heterocycles. The second kappa shape index (κ2) is 4.74. The van der Waals surface area contributed by atoms with Crippen LogP contribution in [0.1, 0.15) is 11.3 Å². The summed E-state index contributed by atoms with van der Waals surface area (Å²) in [4.78, 5) is 8.49. The van der Waals surface area contributed by atoms with Gasteiger partial charge in [0.05, 0.1) is 11.4 Å². The summed E-state index contributed by atoms with van der Waals surface area (Å²) >= 11 is 0. The summed E-state index contributed by atoms with van der Waals surface area (Å²) in [5.74, 6) is 1.08. The number of nitrogen functional groups attached to an aromatic ring is 1. The molecule has 98 valence electrons. The van der Waals surface area contributed by atoms with Crippen LogP contribution in [0, 0.1) is 0 Å². The standard InChI is InChI=1S/C13H15N5O/c14-13-17-9-5-6-15-7-8(9)12(18-13)16-10-3-1-2-4-11(10)19/h1-4,15,19H,5-7H2,(H3,14,16,17,18). The van der Waals surface area contributed by atoms with Crippen LogP contribution in [0.4, 0.5) is 17.5 Å². The highest BCUT2D eigenvalue weighted by Gasteiger charge is 2.17. The fourth-order valence-corrected chi connectivity index (χ4v) is 2.17. The summed E-state index contributed by atoms with van der Waals surface area (Å²) < 4.78 is 0. The molecule has 0 radical (unpaired) electrons. The molecule has 2 heterocycles. The Balaban J connectivity index is 2.01. The van der Waals surface area contributed by atoms with E-state index >= 15 is 0 Å². The Morgan fingerprint density at radius 1 is 1.26 bits per heavy atom. The Hall–Kier alpha value is -2.34. The molecule has 0 saturated carbocycles. The highest BCUT2D eigenvalue weighted by atomic mass is 16.3. The van der Waals surface area contributed by atoms with E-state index < -0.39 is 0 Å². The van der Waals surface area contributed by atoms with Crippen molar-refractivity contribution in [2.45, 2.75) is 13.0 Å². The van der Waals surface area contributed by atoms with Gasteiger partial charge in [0.1, 0.15) is 11.6 Å². The number of phenolic OH excluding ortho intramolecular Hbond substituents is 1. The number of para-hydroxylation sites is 2. The number of anilines is 3. The molecule has 0 spiro atoms. The van der Waals surface area contributed by atoms with Gasteiger partial charge >= 0.3 is 0 Å². The lowest BCUT2D eigenvalue weighted by Gasteiger charge is -2.20. The molecule has 1 aromatic carbocycles. The predicted octanol–water partition coefficient (Wildman–Crippen LogP) is 1.15. The third kappa shape index (κ3) is 2.30. The van der Waals surface area contributed by atoms with E-state index in [2.05, 4.69) is 20.6 Å². The molecule has 0 saturated heterocycles. The van der Waals surface area contributed by atoms with Crippen LogP contribution < -0.4 is 16.4 Å². The molecule has 3 rings (SSSR count). The number of nitrogens with one attached hydrogen (secondary N) is 2. The van der Waals surface area contributed by atoms with Crippen LogP contribution in [-0.4, -0.2) is 21.6 Å². The van der Waals surface area contributed by atoms with Gasteiger partial charge in [0, 0.05) is 25.1 Å². The van der Waals surface area contributed by atoms with E-state index in [0.29, 0.717) is 18.1 Å². The minimum absolute atomic E-state index is 0.178. The largest absolute Gasteiger partial charge is 0.506 e. The first-order valence-electron chi connectivity index (χ1n) is 6.15. The Kier molecular flexibility index (Phi) is 2.92. The molecule has 6 nitrogen and oxygen atoms in total. The fourth-order valence-electron chi connectivity index (χ4n) is 2.17. The molecule has 1 aliphatic heterocycles. The van der Waals surface area contributed by atoms with Crippen molar-refractivity contribution in [2.75, 3.05) is 17.6 Å². The number of aromatic hydroxyl groups is 1. The van der Waals surface area contributed by atoms with E-state index in [1.165, 1.54) is 0 Å². The van der Waals surface area contributed by atoms with Crippen molar-refractivity contribution in [3.05, 3.63) is 35.5 Å². The topological polar surface area (TPSA) is 96.1 Å². The monoisotopic (exact) mass is 257 g/mol. The molecular weight excluding hydrogens is 242 g/mol. The zero-order valence-electron chi connectivity index (χ0n) is 10.3. The second-order valence-electron chi connectivity index (χ2n) is 4.42. The van der Waals surface area contributed by atoms with Gasteiger partial charge in [-0.3, -0.25) is 0 Å². The van der Waals surface area contributed by atoms with Crippen molar-refractivity contribution < 1.29 is 5.11 Å². The fraction of sp³-hybridized carbons (Fsp3) is 0.231. The van der Waals surface area contributed by atoms with Crippen LogP contribution in [-0.2, 0) is 13.0 Å². The highest BCUT2D eigenvalue weighted by Crippen LogP contribution is 2.28. The van der Waals surface area contributed by atoms with E-state index in [1.54, 1.807) is 18.2 Å². The maximum atomic E-state index is 9.79. The quantitative estimate of drug-likeness (QED) is 0.603. The molecule has 1 aliphatic rings. The number of phenols is 1. The van der Waals surface area contributed by atoms with Crippen LogP contribution in [0.3, 0.4) is 0 Å². The molecule has 0 aliphatic carbocycles. The Labute approximate surface area is 110 Å². The summed E-state index contributed by atoms with van der Waals surface area (Å²) in [6, 6.07) is 7.02. The van der Waals surface area contributed by atoms with Gasteiger partial charge in [-0.05, 0) is 12.1 Å². The number of nitrogens with zero attached hydrogens (tertiary/aromatic N) is 2. The zero-order valence-corrected chi connectivity index (χ0v) is 10.3. The van der Waals surface area contributed by atoms with Crippen LogP contribution in [0.15, 0.2) is 24.3 Å². The molecule has 19 heavy (non-hydrogen) atoms. The van der Waals surface area contributed by atoms with Gasteiger partial charge in [-0.1, -0.05) is 12.1 Å². The van der Waals surface area contributed by atoms with Crippen molar-refractivity contribution in [2.24, 2.45) is 0 Å². The molecule has 2 aromatic rings. The first-order valence-corrected chi connectivity index (χ1v) is 6.15. The van der Waals surface area contributed by atoms with Crippen molar-refractivity contribution >= 4 is 17.5 Å². The van der Waals surface area contributed by atoms with Gasteiger partial charge in [0.2, 0.25) is 5.95 Å². The first kappa shape index (κ1) is 11.7. The number of benzene rings is 1. The van der Waals surface area contributed by atoms with Gasteiger partial charge in [-0.2, -0.15) is 4.98 Å². The number of aromatic nitrogens is 2. The number of hydrogen-bond acceptors (Lipinski definition) is 6. The molecule has 6 heteroatoms. The van der Waals surface area contributed by atoms with Crippen LogP contribution in [0.25, 0.3) is 0 Å². The molecule has 5 N–H and O–H groups in total. The van der Waals surface area contributed by atoms with E-state index in [0.717, 1.165) is 24.2 Å². The average Bonchev–Trinajstić information content (AvgIpc) is 2.41. The molecule has 0 unspecified atom stereocenters. The van der Waals surface area contributed by atoms with Crippen molar-refractivity contribution in [1.82, 2.24) is 15.3 Å². The minimum Gasteiger partial charge on any atom is -0.506 e. The molecule has 0 amide bonds. The minimum atomic E-state index is 0.178.